The number of benzene rings is 2. The first-order chi connectivity index (χ1) is 9.04. The van der Waals surface area contributed by atoms with Crippen LogP contribution < -0.4 is 5.32 Å². The third kappa shape index (κ3) is 2.74. The van der Waals surface area contributed by atoms with E-state index in [1.807, 2.05) is 0 Å². The molecular formula is C14H11ClF3N. The Morgan fingerprint density at radius 1 is 1.00 bits per heavy atom. The van der Waals surface area contributed by atoms with Crippen LogP contribution >= 0.6 is 11.6 Å². The lowest BCUT2D eigenvalue weighted by molar-refractivity contribution is 0.449. The third-order valence-electron chi connectivity index (χ3n) is 2.76. The summed E-state index contributed by atoms with van der Waals surface area (Å²) in [4.78, 5) is 0. The minimum atomic E-state index is -1.47. The minimum Gasteiger partial charge on any atom is -0.316 e. The van der Waals surface area contributed by atoms with Crippen molar-refractivity contribution in [2.24, 2.45) is 0 Å². The van der Waals surface area contributed by atoms with Crippen molar-refractivity contribution >= 4 is 11.6 Å². The van der Waals surface area contributed by atoms with Gasteiger partial charge in [-0.3, -0.25) is 0 Å². The SMILES string of the molecule is CNCc1cc(Cl)ccc1-c1ccc(F)c(F)c1F. The van der Waals surface area contributed by atoms with Crippen molar-refractivity contribution in [3.8, 4) is 11.1 Å². The number of rotatable bonds is 3. The van der Waals surface area contributed by atoms with Crippen molar-refractivity contribution in [3.05, 3.63) is 58.4 Å². The molecule has 2 aromatic carbocycles. The van der Waals surface area contributed by atoms with Crippen LogP contribution in [0.4, 0.5) is 13.2 Å². The summed E-state index contributed by atoms with van der Waals surface area (Å²) in [5, 5.41) is 3.42. The van der Waals surface area contributed by atoms with Crippen molar-refractivity contribution in [2.45, 2.75) is 6.54 Å². The molecule has 0 aromatic heterocycles. The maximum absolute atomic E-state index is 13.8. The van der Waals surface area contributed by atoms with Crippen molar-refractivity contribution in [3.63, 3.8) is 0 Å². The van der Waals surface area contributed by atoms with E-state index in [9.17, 15) is 13.2 Å². The van der Waals surface area contributed by atoms with Crippen molar-refractivity contribution in [1.29, 1.82) is 0 Å². The smallest absolute Gasteiger partial charge is 0.195 e. The van der Waals surface area contributed by atoms with Crippen LogP contribution in [-0.2, 0) is 6.54 Å². The zero-order valence-corrected chi connectivity index (χ0v) is 10.9. The summed E-state index contributed by atoms with van der Waals surface area (Å²) in [5.74, 6) is -3.87. The average Bonchev–Trinajstić information content (AvgIpc) is 2.38. The van der Waals surface area contributed by atoms with Crippen LogP contribution in [-0.4, -0.2) is 7.05 Å². The van der Waals surface area contributed by atoms with E-state index in [2.05, 4.69) is 5.32 Å². The highest BCUT2D eigenvalue weighted by Crippen LogP contribution is 2.30. The molecule has 0 aliphatic carbocycles. The fourth-order valence-corrected chi connectivity index (χ4v) is 2.09. The Morgan fingerprint density at radius 3 is 2.37 bits per heavy atom. The average molecular weight is 286 g/mol. The van der Waals surface area contributed by atoms with Gasteiger partial charge >= 0.3 is 0 Å². The molecule has 0 saturated heterocycles. The second-order valence-corrected chi connectivity index (χ2v) is 4.49. The Kier molecular flexibility index (Phi) is 4.12. The van der Waals surface area contributed by atoms with Crippen LogP contribution in [0.15, 0.2) is 30.3 Å². The largest absolute Gasteiger partial charge is 0.316 e. The second kappa shape index (κ2) is 5.63. The molecule has 1 N–H and O–H groups in total. The minimum absolute atomic E-state index is 0.0146. The quantitative estimate of drug-likeness (QED) is 0.836. The van der Waals surface area contributed by atoms with E-state index >= 15 is 0 Å². The number of nitrogens with one attached hydrogen (secondary N) is 1. The molecule has 0 spiro atoms. The fraction of sp³-hybridized carbons (Fsp3) is 0.143. The summed E-state index contributed by atoms with van der Waals surface area (Å²) in [6.07, 6.45) is 0. The van der Waals surface area contributed by atoms with E-state index in [1.165, 1.54) is 6.07 Å². The van der Waals surface area contributed by atoms with Crippen LogP contribution in [0, 0.1) is 17.5 Å². The number of hydrogen-bond acceptors (Lipinski definition) is 1. The Labute approximate surface area is 114 Å². The molecule has 2 aromatic rings. The molecule has 0 unspecified atom stereocenters. The standard InChI is InChI=1S/C14H11ClF3N/c1-19-7-8-6-9(15)2-3-10(8)11-4-5-12(16)14(18)13(11)17/h2-6,19H,7H2,1H3. The monoisotopic (exact) mass is 285 g/mol. The zero-order valence-electron chi connectivity index (χ0n) is 10.1. The molecule has 0 aliphatic heterocycles. The van der Waals surface area contributed by atoms with E-state index in [-0.39, 0.29) is 5.56 Å². The highest BCUT2D eigenvalue weighted by atomic mass is 35.5. The lowest BCUT2D eigenvalue weighted by Gasteiger charge is -2.11. The summed E-state index contributed by atoms with van der Waals surface area (Å²) in [6, 6.07) is 6.96. The highest BCUT2D eigenvalue weighted by molar-refractivity contribution is 6.30. The Hall–Kier alpha value is -1.52. The Morgan fingerprint density at radius 2 is 1.68 bits per heavy atom. The first-order valence-electron chi connectivity index (χ1n) is 5.61. The second-order valence-electron chi connectivity index (χ2n) is 4.05. The van der Waals surface area contributed by atoms with E-state index in [0.29, 0.717) is 22.7 Å². The van der Waals surface area contributed by atoms with E-state index < -0.39 is 17.5 Å². The third-order valence-corrected chi connectivity index (χ3v) is 2.99. The molecule has 0 saturated carbocycles. The van der Waals surface area contributed by atoms with Crippen LogP contribution in [0.1, 0.15) is 5.56 Å². The normalized spacial score (nSPS) is 10.8. The molecule has 1 nitrogen and oxygen atoms in total. The van der Waals surface area contributed by atoms with Gasteiger partial charge in [-0.2, -0.15) is 0 Å². The summed E-state index contributed by atoms with van der Waals surface area (Å²) in [5.41, 5.74) is 1.20. The highest BCUT2D eigenvalue weighted by Gasteiger charge is 2.16. The van der Waals surface area contributed by atoms with Gasteiger partial charge in [0.25, 0.3) is 0 Å². The molecule has 5 heteroatoms. The van der Waals surface area contributed by atoms with Crippen LogP contribution in [0.25, 0.3) is 11.1 Å². The van der Waals surface area contributed by atoms with Gasteiger partial charge in [-0.25, -0.2) is 13.2 Å². The molecule has 0 atom stereocenters. The molecule has 0 fully saturated rings. The van der Waals surface area contributed by atoms with Gasteiger partial charge in [0.15, 0.2) is 17.5 Å². The summed E-state index contributed by atoms with van der Waals surface area (Å²) in [6.45, 7) is 0.439. The Bertz CT molecular complexity index is 614. The van der Waals surface area contributed by atoms with Crippen LogP contribution in [0.3, 0.4) is 0 Å². The van der Waals surface area contributed by atoms with Gasteiger partial charge in [-0.1, -0.05) is 17.7 Å². The van der Waals surface area contributed by atoms with Gasteiger partial charge in [-0.05, 0) is 42.4 Å². The maximum Gasteiger partial charge on any atom is 0.195 e. The predicted octanol–water partition coefficient (Wildman–Crippen LogP) is 4.14. The van der Waals surface area contributed by atoms with Crippen LogP contribution in [0.5, 0.6) is 0 Å². The molecular weight excluding hydrogens is 275 g/mol. The molecule has 0 amide bonds. The first-order valence-corrected chi connectivity index (χ1v) is 5.99. The molecule has 0 bridgehead atoms. The van der Waals surface area contributed by atoms with Crippen molar-refractivity contribution in [2.75, 3.05) is 7.05 Å². The maximum atomic E-state index is 13.8. The van der Waals surface area contributed by atoms with Gasteiger partial charge in [0.05, 0.1) is 0 Å². The lowest BCUT2D eigenvalue weighted by atomic mass is 9.99. The van der Waals surface area contributed by atoms with Crippen LogP contribution in [0.2, 0.25) is 5.02 Å². The lowest BCUT2D eigenvalue weighted by Crippen LogP contribution is -2.07. The fourth-order valence-electron chi connectivity index (χ4n) is 1.90. The van der Waals surface area contributed by atoms with E-state index in [4.69, 9.17) is 11.6 Å². The molecule has 0 radical (unpaired) electrons. The van der Waals surface area contributed by atoms with Gasteiger partial charge in [0.2, 0.25) is 0 Å². The predicted molar refractivity (Wildman–Crippen MR) is 69.5 cm³/mol. The van der Waals surface area contributed by atoms with E-state index in [0.717, 1.165) is 6.07 Å². The van der Waals surface area contributed by atoms with Gasteiger partial charge < -0.3 is 5.32 Å². The topological polar surface area (TPSA) is 12.0 Å². The molecule has 0 heterocycles. The molecule has 100 valence electrons. The summed E-state index contributed by atoms with van der Waals surface area (Å²) >= 11 is 5.88. The molecule has 0 aliphatic rings. The number of halogens is 4. The molecule has 19 heavy (non-hydrogen) atoms. The Balaban J connectivity index is 2.62. The zero-order chi connectivity index (χ0) is 14.0. The molecule has 2 rings (SSSR count). The van der Waals surface area contributed by atoms with Crippen molar-refractivity contribution in [1.82, 2.24) is 5.32 Å². The number of hydrogen-bond donors (Lipinski definition) is 1. The van der Waals surface area contributed by atoms with E-state index in [1.54, 1.807) is 25.2 Å². The first kappa shape index (κ1) is 13.9. The van der Waals surface area contributed by atoms with Gasteiger partial charge in [-0.15, -0.1) is 0 Å². The van der Waals surface area contributed by atoms with Crippen molar-refractivity contribution < 1.29 is 13.2 Å². The van der Waals surface area contributed by atoms with Gasteiger partial charge in [0, 0.05) is 17.1 Å². The summed E-state index contributed by atoms with van der Waals surface area (Å²) < 4.78 is 40.0. The summed E-state index contributed by atoms with van der Waals surface area (Å²) in [7, 11) is 1.73. The van der Waals surface area contributed by atoms with Gasteiger partial charge in [0.1, 0.15) is 0 Å².